The quantitative estimate of drug-likeness (QED) is 0.871. The average molecular weight is 304 g/mol. The molecular formula is C15H19F3O3. The highest BCUT2D eigenvalue weighted by atomic mass is 19.3. The number of ketones is 1. The van der Waals surface area contributed by atoms with Crippen LogP contribution in [0.5, 0.6) is 0 Å². The molecule has 3 atom stereocenters. The van der Waals surface area contributed by atoms with E-state index in [1.54, 1.807) is 6.92 Å². The Balaban J connectivity index is 1.68. The monoisotopic (exact) mass is 304 g/mol. The molecule has 118 valence electrons. The highest BCUT2D eigenvalue weighted by Crippen LogP contribution is 2.69. The summed E-state index contributed by atoms with van der Waals surface area (Å²) in [7, 11) is 0. The lowest BCUT2D eigenvalue weighted by Gasteiger charge is -2.62. The van der Waals surface area contributed by atoms with Crippen molar-refractivity contribution in [3.05, 3.63) is 0 Å². The van der Waals surface area contributed by atoms with E-state index in [1.165, 1.54) is 0 Å². The average Bonchev–Trinajstić information content (AvgIpc) is 2.65. The first kappa shape index (κ1) is 14.9. The first-order valence-electron chi connectivity index (χ1n) is 7.35. The molecule has 3 nitrogen and oxygen atoms in total. The maximum Gasteiger partial charge on any atom is 0.307 e. The third kappa shape index (κ3) is 2.27. The van der Waals surface area contributed by atoms with Crippen molar-refractivity contribution in [3.63, 3.8) is 0 Å². The fourth-order valence-electron chi connectivity index (χ4n) is 5.06. The van der Waals surface area contributed by atoms with Gasteiger partial charge in [0, 0.05) is 24.2 Å². The molecular weight excluding hydrogens is 285 g/mol. The molecule has 0 bridgehead atoms. The fourth-order valence-corrected chi connectivity index (χ4v) is 5.06. The van der Waals surface area contributed by atoms with Gasteiger partial charge < -0.3 is 5.11 Å². The molecule has 0 radical (unpaired) electrons. The number of halogens is 3. The number of rotatable bonds is 3. The summed E-state index contributed by atoms with van der Waals surface area (Å²) in [6.45, 7) is 1.71. The van der Waals surface area contributed by atoms with Crippen molar-refractivity contribution in [1.29, 1.82) is 0 Å². The molecule has 0 aromatic carbocycles. The standard InChI is InChI=1S/C15H19F3O3/c1-13(4-14(5-13)6-15(17,18)7-14)11(19)9-2-8(16)3-10(9)12(20)21/h8-10H,2-7H2,1H3,(H,20,21)/t8-,9?,10+/m0/s1. The van der Waals surface area contributed by atoms with Gasteiger partial charge in [-0.05, 0) is 31.1 Å². The molecule has 3 rings (SSSR count). The smallest absolute Gasteiger partial charge is 0.307 e. The van der Waals surface area contributed by atoms with Gasteiger partial charge in [-0.2, -0.15) is 0 Å². The summed E-state index contributed by atoms with van der Waals surface area (Å²) in [5.74, 6) is -5.77. The number of hydrogen-bond acceptors (Lipinski definition) is 2. The molecule has 1 spiro atoms. The Morgan fingerprint density at radius 2 is 1.57 bits per heavy atom. The van der Waals surface area contributed by atoms with E-state index in [1.807, 2.05) is 0 Å². The van der Waals surface area contributed by atoms with Gasteiger partial charge in [0.05, 0.1) is 5.92 Å². The summed E-state index contributed by atoms with van der Waals surface area (Å²) in [4.78, 5) is 23.7. The van der Waals surface area contributed by atoms with Crippen molar-refractivity contribution < 1.29 is 27.9 Å². The van der Waals surface area contributed by atoms with Crippen LogP contribution in [-0.2, 0) is 9.59 Å². The normalized spacial score (nSPS) is 38.6. The molecule has 3 fully saturated rings. The maximum atomic E-state index is 13.5. The van der Waals surface area contributed by atoms with Crippen LogP contribution < -0.4 is 0 Å². The zero-order valence-corrected chi connectivity index (χ0v) is 11.9. The molecule has 0 aromatic rings. The van der Waals surface area contributed by atoms with Crippen LogP contribution in [0.25, 0.3) is 0 Å². The van der Waals surface area contributed by atoms with Crippen molar-refractivity contribution in [2.75, 3.05) is 0 Å². The lowest BCUT2D eigenvalue weighted by molar-refractivity contribution is -0.227. The van der Waals surface area contributed by atoms with Crippen LogP contribution >= 0.6 is 0 Å². The Hall–Kier alpha value is -1.07. The van der Waals surface area contributed by atoms with Gasteiger partial charge in [0.2, 0.25) is 5.92 Å². The molecule has 21 heavy (non-hydrogen) atoms. The zero-order valence-electron chi connectivity index (χ0n) is 11.9. The van der Waals surface area contributed by atoms with E-state index >= 15 is 0 Å². The first-order chi connectivity index (χ1) is 9.56. The number of carboxylic acid groups (broad SMARTS) is 1. The van der Waals surface area contributed by atoms with Crippen LogP contribution in [0.3, 0.4) is 0 Å². The van der Waals surface area contributed by atoms with Gasteiger partial charge in [0.25, 0.3) is 0 Å². The Morgan fingerprint density at radius 1 is 1.05 bits per heavy atom. The van der Waals surface area contributed by atoms with E-state index in [4.69, 9.17) is 5.11 Å². The van der Waals surface area contributed by atoms with Gasteiger partial charge in [-0.25, -0.2) is 13.2 Å². The number of carbonyl (C=O) groups is 2. The Bertz CT molecular complexity index is 486. The van der Waals surface area contributed by atoms with Crippen LogP contribution in [0.1, 0.15) is 45.4 Å². The van der Waals surface area contributed by atoms with Gasteiger partial charge in [-0.3, -0.25) is 9.59 Å². The Morgan fingerprint density at radius 3 is 2.05 bits per heavy atom. The van der Waals surface area contributed by atoms with E-state index < -0.39 is 40.7 Å². The van der Waals surface area contributed by atoms with Gasteiger partial charge in [-0.15, -0.1) is 0 Å². The minimum absolute atomic E-state index is 0.0471. The lowest BCUT2D eigenvalue weighted by Crippen LogP contribution is -2.60. The second kappa shape index (κ2) is 4.23. The summed E-state index contributed by atoms with van der Waals surface area (Å²) >= 11 is 0. The third-order valence-corrected chi connectivity index (χ3v) is 5.55. The molecule has 3 aliphatic carbocycles. The molecule has 6 heteroatoms. The molecule has 0 saturated heterocycles. The third-order valence-electron chi connectivity index (χ3n) is 5.55. The molecule has 3 saturated carbocycles. The van der Waals surface area contributed by atoms with E-state index in [2.05, 4.69) is 0 Å². The molecule has 0 amide bonds. The molecule has 0 aliphatic heterocycles. The number of aliphatic carboxylic acids is 1. The van der Waals surface area contributed by atoms with Gasteiger partial charge >= 0.3 is 5.97 Å². The molecule has 1 unspecified atom stereocenters. The largest absolute Gasteiger partial charge is 0.481 e. The summed E-state index contributed by atoms with van der Waals surface area (Å²) in [5.41, 5.74) is -1.20. The predicted molar refractivity (Wildman–Crippen MR) is 67.7 cm³/mol. The van der Waals surface area contributed by atoms with Crippen LogP contribution in [0.2, 0.25) is 0 Å². The van der Waals surface area contributed by atoms with Crippen molar-refractivity contribution in [2.45, 2.75) is 57.5 Å². The van der Waals surface area contributed by atoms with Gasteiger partial charge in [0.1, 0.15) is 12.0 Å². The van der Waals surface area contributed by atoms with E-state index in [9.17, 15) is 22.8 Å². The molecule has 0 heterocycles. The molecule has 1 N–H and O–H groups in total. The van der Waals surface area contributed by atoms with E-state index in [-0.39, 0.29) is 31.5 Å². The summed E-state index contributed by atoms with van der Waals surface area (Å²) in [5, 5.41) is 9.12. The van der Waals surface area contributed by atoms with Crippen molar-refractivity contribution in [1.82, 2.24) is 0 Å². The van der Waals surface area contributed by atoms with E-state index in [0.717, 1.165) is 0 Å². The summed E-state index contributed by atoms with van der Waals surface area (Å²) < 4.78 is 39.5. The minimum atomic E-state index is -2.62. The topological polar surface area (TPSA) is 54.4 Å². The lowest BCUT2D eigenvalue weighted by atomic mass is 9.43. The molecule has 0 aromatic heterocycles. The van der Waals surface area contributed by atoms with E-state index in [0.29, 0.717) is 12.8 Å². The van der Waals surface area contributed by atoms with Crippen LogP contribution in [0, 0.1) is 22.7 Å². The van der Waals surface area contributed by atoms with Gasteiger partial charge in [0.15, 0.2) is 0 Å². The molecule has 3 aliphatic rings. The fraction of sp³-hybridized carbons (Fsp3) is 0.867. The Kier molecular flexibility index (Phi) is 2.99. The zero-order chi connectivity index (χ0) is 15.6. The van der Waals surface area contributed by atoms with Crippen molar-refractivity contribution >= 4 is 11.8 Å². The first-order valence-corrected chi connectivity index (χ1v) is 7.35. The summed E-state index contributed by atoms with van der Waals surface area (Å²) in [6.07, 6.45) is -1.02. The highest BCUT2D eigenvalue weighted by molar-refractivity contribution is 5.92. The highest BCUT2D eigenvalue weighted by Gasteiger charge is 2.68. The minimum Gasteiger partial charge on any atom is -0.481 e. The predicted octanol–water partition coefficient (Wildman–Crippen LogP) is 3.22. The number of alkyl halides is 3. The SMILES string of the molecule is CC1(C(=O)C2C[C@H](F)C[C@H]2C(=O)O)CC2(CC(F)(F)C2)C1. The second-order valence-electron chi connectivity index (χ2n) is 7.61. The number of Topliss-reactive ketones (excluding diaryl/α,β-unsaturated/α-hetero) is 1. The summed E-state index contributed by atoms with van der Waals surface area (Å²) in [6, 6.07) is 0. The van der Waals surface area contributed by atoms with Crippen LogP contribution in [0.15, 0.2) is 0 Å². The van der Waals surface area contributed by atoms with Gasteiger partial charge in [-0.1, -0.05) is 6.92 Å². The van der Waals surface area contributed by atoms with Crippen LogP contribution in [0.4, 0.5) is 13.2 Å². The Labute approximate surface area is 120 Å². The van der Waals surface area contributed by atoms with Crippen LogP contribution in [-0.4, -0.2) is 29.0 Å². The number of hydrogen-bond donors (Lipinski definition) is 1. The van der Waals surface area contributed by atoms with Crippen molar-refractivity contribution in [2.24, 2.45) is 22.7 Å². The number of carboxylic acids is 1. The maximum absolute atomic E-state index is 13.5. The second-order valence-corrected chi connectivity index (χ2v) is 7.61. The number of carbonyl (C=O) groups excluding carboxylic acids is 1. The van der Waals surface area contributed by atoms with Crippen molar-refractivity contribution in [3.8, 4) is 0 Å².